The molecule has 17 N–H and O–H groups in total. The molecule has 222 valence electrons. The van der Waals surface area contributed by atoms with Crippen molar-refractivity contribution >= 4 is 41.5 Å². The molecule has 4 amide bonds. The molecule has 0 aromatic carbocycles. The molecule has 0 aliphatic heterocycles. The molecule has 0 bridgehead atoms. The van der Waals surface area contributed by atoms with Gasteiger partial charge in [0.2, 0.25) is 23.6 Å². The fourth-order valence-electron chi connectivity index (χ4n) is 2.90. The maximum atomic E-state index is 12.8. The van der Waals surface area contributed by atoms with Crippen molar-refractivity contribution in [3.05, 3.63) is 0 Å². The zero-order chi connectivity index (χ0) is 30.0. The van der Waals surface area contributed by atoms with Crippen LogP contribution in [0.25, 0.3) is 0 Å². The number of aliphatic hydroxyl groups is 2. The van der Waals surface area contributed by atoms with E-state index in [1.807, 2.05) is 0 Å². The van der Waals surface area contributed by atoms with Crippen LogP contribution in [-0.4, -0.2) is 114 Å². The molecule has 0 unspecified atom stereocenters. The number of carboxylic acid groups (broad SMARTS) is 1. The number of guanidine groups is 2. The standard InChI is InChI=1S/C20H39N11O8/c21-10(8-32)15(35)31-13(9-33)16(36)28-7-14(34)29-11(3-1-5-26-19(22)23)17(37)30-12(18(38)39)4-2-6-27-20(24)25/h10-13,32-33H,1-9,21H2,(H,28,36)(H,29,34)(H,30,37)(H,31,35)(H,38,39)(H4,22,23,26)(H4,24,25,27)/t10-,11-,12-,13-/m0/s1. The topological polar surface area (TPSA) is 349 Å². The van der Waals surface area contributed by atoms with Crippen molar-refractivity contribution in [2.75, 3.05) is 32.8 Å². The molecule has 0 aliphatic rings. The summed E-state index contributed by atoms with van der Waals surface area (Å²) in [6.07, 6.45) is 0.483. The van der Waals surface area contributed by atoms with E-state index in [4.69, 9.17) is 33.8 Å². The van der Waals surface area contributed by atoms with Gasteiger partial charge < -0.3 is 65.3 Å². The number of nitrogens with one attached hydrogen (secondary N) is 4. The van der Waals surface area contributed by atoms with Gasteiger partial charge in [-0.1, -0.05) is 0 Å². The van der Waals surface area contributed by atoms with Crippen LogP contribution in [0.3, 0.4) is 0 Å². The van der Waals surface area contributed by atoms with Crippen LogP contribution in [0, 0.1) is 0 Å². The number of rotatable bonds is 19. The first kappa shape index (κ1) is 34.8. The molecule has 0 radical (unpaired) electrons. The van der Waals surface area contributed by atoms with E-state index in [9.17, 15) is 34.2 Å². The molecule has 0 spiro atoms. The molecule has 0 saturated heterocycles. The summed E-state index contributed by atoms with van der Waals surface area (Å²) in [6.45, 7) is -1.92. The molecule has 0 heterocycles. The molecule has 0 saturated carbocycles. The van der Waals surface area contributed by atoms with Gasteiger partial charge in [-0.2, -0.15) is 0 Å². The molecule has 0 aliphatic carbocycles. The van der Waals surface area contributed by atoms with E-state index in [-0.39, 0.29) is 50.7 Å². The zero-order valence-corrected chi connectivity index (χ0v) is 21.3. The smallest absolute Gasteiger partial charge is 0.326 e. The molecule has 0 aromatic heterocycles. The highest BCUT2D eigenvalue weighted by Crippen LogP contribution is 2.03. The average Bonchev–Trinajstić information content (AvgIpc) is 2.87. The van der Waals surface area contributed by atoms with Gasteiger partial charge in [0.25, 0.3) is 0 Å². The molecular formula is C20H39N11O8. The second kappa shape index (κ2) is 18.9. The van der Waals surface area contributed by atoms with Crippen molar-refractivity contribution < 1.29 is 39.3 Å². The summed E-state index contributed by atoms with van der Waals surface area (Å²) in [5.41, 5.74) is 26.3. The molecule has 4 atom stereocenters. The highest BCUT2D eigenvalue weighted by Gasteiger charge is 2.27. The van der Waals surface area contributed by atoms with Gasteiger partial charge in [-0.05, 0) is 25.7 Å². The Balaban J connectivity index is 5.22. The summed E-state index contributed by atoms with van der Waals surface area (Å²) in [4.78, 5) is 68.4. The summed E-state index contributed by atoms with van der Waals surface area (Å²) in [7, 11) is 0. The van der Waals surface area contributed by atoms with Crippen molar-refractivity contribution in [2.24, 2.45) is 38.7 Å². The van der Waals surface area contributed by atoms with Crippen LogP contribution in [0.2, 0.25) is 0 Å². The van der Waals surface area contributed by atoms with Gasteiger partial charge in [-0.15, -0.1) is 0 Å². The van der Waals surface area contributed by atoms with E-state index in [2.05, 4.69) is 31.3 Å². The minimum Gasteiger partial charge on any atom is -0.480 e. The second-order valence-corrected chi connectivity index (χ2v) is 8.17. The van der Waals surface area contributed by atoms with Crippen LogP contribution in [0.1, 0.15) is 25.7 Å². The fraction of sp³-hybridized carbons (Fsp3) is 0.650. The molecule has 0 aromatic rings. The Kier molecular flexibility index (Phi) is 16.9. The lowest BCUT2D eigenvalue weighted by Gasteiger charge is -2.22. The fourth-order valence-corrected chi connectivity index (χ4v) is 2.90. The Bertz CT molecular complexity index is 891. The summed E-state index contributed by atoms with van der Waals surface area (Å²) in [5, 5.41) is 36.7. The van der Waals surface area contributed by atoms with E-state index in [0.29, 0.717) is 0 Å². The van der Waals surface area contributed by atoms with Crippen LogP contribution in [0.15, 0.2) is 9.98 Å². The first-order valence-corrected chi connectivity index (χ1v) is 11.8. The Labute approximate surface area is 224 Å². The largest absolute Gasteiger partial charge is 0.480 e. The second-order valence-electron chi connectivity index (χ2n) is 8.17. The van der Waals surface area contributed by atoms with Crippen molar-refractivity contribution in [1.29, 1.82) is 0 Å². The van der Waals surface area contributed by atoms with Crippen LogP contribution in [-0.2, 0) is 24.0 Å². The van der Waals surface area contributed by atoms with Gasteiger partial charge >= 0.3 is 5.97 Å². The van der Waals surface area contributed by atoms with Crippen molar-refractivity contribution in [1.82, 2.24) is 21.3 Å². The number of amides is 4. The average molecular weight is 562 g/mol. The molecule has 0 rings (SSSR count). The van der Waals surface area contributed by atoms with E-state index < -0.39 is 73.5 Å². The van der Waals surface area contributed by atoms with E-state index in [1.165, 1.54) is 0 Å². The van der Waals surface area contributed by atoms with Crippen molar-refractivity contribution in [3.8, 4) is 0 Å². The molecular weight excluding hydrogens is 522 g/mol. The maximum absolute atomic E-state index is 12.8. The lowest BCUT2D eigenvalue weighted by atomic mass is 10.1. The van der Waals surface area contributed by atoms with Gasteiger partial charge in [0.1, 0.15) is 24.2 Å². The Morgan fingerprint density at radius 3 is 1.67 bits per heavy atom. The number of carbonyl (C=O) groups excluding carboxylic acids is 4. The third-order valence-corrected chi connectivity index (χ3v) is 4.93. The highest BCUT2D eigenvalue weighted by molar-refractivity contribution is 5.94. The number of hydrogen-bond acceptors (Lipinski definition) is 10. The van der Waals surface area contributed by atoms with E-state index in [0.717, 1.165) is 0 Å². The van der Waals surface area contributed by atoms with Crippen LogP contribution in [0.5, 0.6) is 0 Å². The number of aliphatic imine (C=N–C) groups is 2. The monoisotopic (exact) mass is 561 g/mol. The zero-order valence-electron chi connectivity index (χ0n) is 21.3. The Hall–Kier alpha value is -4.23. The van der Waals surface area contributed by atoms with Gasteiger partial charge in [0, 0.05) is 13.1 Å². The lowest BCUT2D eigenvalue weighted by molar-refractivity contribution is -0.142. The number of aliphatic carboxylic acids is 1. The predicted octanol–water partition coefficient (Wildman–Crippen LogP) is -6.94. The molecule has 39 heavy (non-hydrogen) atoms. The number of carboxylic acids is 1. The van der Waals surface area contributed by atoms with Crippen LogP contribution < -0.4 is 49.9 Å². The molecule has 0 fully saturated rings. The molecule has 19 nitrogen and oxygen atoms in total. The Morgan fingerprint density at radius 1 is 0.692 bits per heavy atom. The number of nitrogens with zero attached hydrogens (tertiary/aromatic N) is 2. The number of aliphatic hydroxyl groups excluding tert-OH is 2. The van der Waals surface area contributed by atoms with Crippen LogP contribution in [0.4, 0.5) is 0 Å². The number of nitrogens with two attached hydrogens (primary N) is 5. The van der Waals surface area contributed by atoms with Gasteiger partial charge in [-0.3, -0.25) is 29.2 Å². The SMILES string of the molecule is NC(N)=NCCC[C@H](NC(=O)[C@H](CCCN=C(N)N)NC(=O)CNC(=O)[C@H](CO)NC(=O)[C@@H](N)CO)C(=O)O. The third-order valence-electron chi connectivity index (χ3n) is 4.93. The van der Waals surface area contributed by atoms with Crippen LogP contribution >= 0.6 is 0 Å². The maximum Gasteiger partial charge on any atom is 0.326 e. The van der Waals surface area contributed by atoms with E-state index >= 15 is 0 Å². The highest BCUT2D eigenvalue weighted by atomic mass is 16.4. The lowest BCUT2D eigenvalue weighted by Crippen LogP contribution is -2.56. The Morgan fingerprint density at radius 2 is 1.21 bits per heavy atom. The first-order valence-electron chi connectivity index (χ1n) is 11.8. The van der Waals surface area contributed by atoms with Crippen molar-refractivity contribution in [2.45, 2.75) is 49.9 Å². The van der Waals surface area contributed by atoms with Crippen molar-refractivity contribution in [3.63, 3.8) is 0 Å². The third kappa shape index (κ3) is 15.6. The first-order chi connectivity index (χ1) is 18.3. The summed E-state index contributed by atoms with van der Waals surface area (Å²) in [6, 6.07) is -5.31. The van der Waals surface area contributed by atoms with Gasteiger partial charge in [-0.25, -0.2) is 4.79 Å². The minimum absolute atomic E-state index is 0.00319. The molecule has 19 heteroatoms. The summed E-state index contributed by atoms with van der Waals surface area (Å²) < 4.78 is 0. The van der Waals surface area contributed by atoms with E-state index in [1.54, 1.807) is 0 Å². The van der Waals surface area contributed by atoms with Gasteiger partial charge in [0.15, 0.2) is 11.9 Å². The predicted molar refractivity (Wildman–Crippen MR) is 138 cm³/mol. The summed E-state index contributed by atoms with van der Waals surface area (Å²) in [5.74, 6) is -5.15. The number of carbonyl (C=O) groups is 5. The quantitative estimate of drug-likeness (QED) is 0.0396. The minimum atomic E-state index is -1.46. The summed E-state index contributed by atoms with van der Waals surface area (Å²) >= 11 is 0. The van der Waals surface area contributed by atoms with Gasteiger partial charge in [0.05, 0.1) is 19.8 Å². The number of hydrogen-bond donors (Lipinski definition) is 12. The normalized spacial score (nSPS) is 13.5.